The first-order valence-corrected chi connectivity index (χ1v) is 4.05. The summed E-state index contributed by atoms with van der Waals surface area (Å²) in [6.07, 6.45) is 1.10. The fourth-order valence-corrected chi connectivity index (χ4v) is 1.14. The Morgan fingerprint density at radius 2 is 1.20 bits per heavy atom. The standard InChI is InChI=1S/C10H7F5/c1-3-4(2)5-6(11)8(13)10(15)9(14)7(5)12/h3-4H,1H2,2H3. The second kappa shape index (κ2) is 4.00. The Balaban J connectivity index is 3.59. The molecule has 0 aliphatic rings. The minimum atomic E-state index is -2.15. The average molecular weight is 222 g/mol. The zero-order valence-electron chi connectivity index (χ0n) is 7.75. The van der Waals surface area contributed by atoms with Gasteiger partial charge in [-0.3, -0.25) is 0 Å². The van der Waals surface area contributed by atoms with Crippen LogP contribution in [0.5, 0.6) is 0 Å². The topological polar surface area (TPSA) is 0 Å². The monoisotopic (exact) mass is 222 g/mol. The van der Waals surface area contributed by atoms with Crippen molar-refractivity contribution in [3.8, 4) is 0 Å². The highest BCUT2D eigenvalue weighted by atomic mass is 19.2. The van der Waals surface area contributed by atoms with Crippen LogP contribution in [-0.4, -0.2) is 0 Å². The van der Waals surface area contributed by atoms with Crippen molar-refractivity contribution in [2.24, 2.45) is 0 Å². The quantitative estimate of drug-likeness (QED) is 0.310. The second-order valence-corrected chi connectivity index (χ2v) is 3.01. The third-order valence-corrected chi connectivity index (χ3v) is 2.05. The molecule has 0 radical (unpaired) electrons. The van der Waals surface area contributed by atoms with Crippen LogP contribution in [0.1, 0.15) is 18.4 Å². The molecule has 5 heteroatoms. The maximum atomic E-state index is 13.1. The average Bonchev–Trinajstić information content (AvgIpc) is 2.23. The number of benzene rings is 1. The summed E-state index contributed by atoms with van der Waals surface area (Å²) in [6, 6.07) is 0. The number of allylic oxidation sites excluding steroid dienone is 1. The molecule has 0 fully saturated rings. The minimum absolute atomic E-state index is 0.860. The second-order valence-electron chi connectivity index (χ2n) is 3.01. The summed E-state index contributed by atoms with van der Waals surface area (Å²) in [6.45, 7) is 4.51. The van der Waals surface area contributed by atoms with Crippen molar-refractivity contribution in [1.82, 2.24) is 0 Å². The molecule has 82 valence electrons. The van der Waals surface area contributed by atoms with E-state index in [0.717, 1.165) is 6.08 Å². The Kier molecular flexibility index (Phi) is 3.12. The highest BCUT2D eigenvalue weighted by Gasteiger charge is 2.27. The Hall–Kier alpha value is -1.39. The summed E-state index contributed by atoms with van der Waals surface area (Å²) in [5.74, 6) is -10.6. The summed E-state index contributed by atoms with van der Waals surface area (Å²) in [5.41, 5.74) is -0.860. The Morgan fingerprint density at radius 3 is 1.53 bits per heavy atom. The fourth-order valence-electron chi connectivity index (χ4n) is 1.14. The summed E-state index contributed by atoms with van der Waals surface area (Å²) >= 11 is 0. The first-order chi connectivity index (χ1) is 6.91. The van der Waals surface area contributed by atoms with Gasteiger partial charge in [0.2, 0.25) is 5.82 Å². The molecule has 0 aliphatic heterocycles. The minimum Gasteiger partial charge on any atom is -0.203 e. The summed E-state index contributed by atoms with van der Waals surface area (Å²) < 4.78 is 64.2. The third kappa shape index (κ3) is 1.73. The fraction of sp³-hybridized carbons (Fsp3) is 0.200. The van der Waals surface area contributed by atoms with Gasteiger partial charge in [-0.05, 0) is 0 Å². The van der Waals surface area contributed by atoms with E-state index in [0.29, 0.717) is 0 Å². The molecule has 0 heterocycles. The lowest BCUT2D eigenvalue weighted by molar-refractivity contribution is 0.368. The normalized spacial score (nSPS) is 12.7. The first-order valence-electron chi connectivity index (χ1n) is 4.05. The van der Waals surface area contributed by atoms with Crippen LogP contribution >= 0.6 is 0 Å². The van der Waals surface area contributed by atoms with Crippen LogP contribution in [0.3, 0.4) is 0 Å². The maximum Gasteiger partial charge on any atom is 0.200 e. The Morgan fingerprint density at radius 1 is 0.867 bits per heavy atom. The van der Waals surface area contributed by atoms with Gasteiger partial charge in [0, 0.05) is 11.5 Å². The van der Waals surface area contributed by atoms with Crippen LogP contribution in [0.15, 0.2) is 12.7 Å². The van der Waals surface area contributed by atoms with E-state index in [1.54, 1.807) is 0 Å². The molecule has 0 saturated carbocycles. The van der Waals surface area contributed by atoms with Gasteiger partial charge in [0.1, 0.15) is 0 Å². The molecule has 15 heavy (non-hydrogen) atoms. The molecular formula is C10H7F5. The van der Waals surface area contributed by atoms with E-state index in [2.05, 4.69) is 6.58 Å². The molecule has 1 aromatic carbocycles. The van der Waals surface area contributed by atoms with E-state index >= 15 is 0 Å². The van der Waals surface area contributed by atoms with Crippen LogP contribution in [-0.2, 0) is 0 Å². The highest BCUT2D eigenvalue weighted by Crippen LogP contribution is 2.28. The van der Waals surface area contributed by atoms with Gasteiger partial charge in [-0.25, -0.2) is 22.0 Å². The van der Waals surface area contributed by atoms with Crippen molar-refractivity contribution in [2.45, 2.75) is 12.8 Å². The molecule has 0 N–H and O–H groups in total. The first kappa shape index (κ1) is 11.7. The van der Waals surface area contributed by atoms with Crippen LogP contribution in [0.4, 0.5) is 22.0 Å². The van der Waals surface area contributed by atoms with Gasteiger partial charge in [0.05, 0.1) is 0 Å². The molecular weight excluding hydrogens is 215 g/mol. The van der Waals surface area contributed by atoms with Gasteiger partial charge in [-0.2, -0.15) is 0 Å². The SMILES string of the molecule is C=CC(C)c1c(F)c(F)c(F)c(F)c1F. The van der Waals surface area contributed by atoms with Crippen LogP contribution < -0.4 is 0 Å². The lowest BCUT2D eigenvalue weighted by atomic mass is 9.99. The lowest BCUT2D eigenvalue weighted by Crippen LogP contribution is -2.08. The molecule has 1 unspecified atom stereocenters. The van der Waals surface area contributed by atoms with Gasteiger partial charge >= 0.3 is 0 Å². The molecule has 0 bridgehead atoms. The van der Waals surface area contributed by atoms with Gasteiger partial charge < -0.3 is 0 Å². The molecule has 0 nitrogen and oxygen atoms in total. The predicted octanol–water partition coefficient (Wildman–Crippen LogP) is 3.67. The van der Waals surface area contributed by atoms with Crippen LogP contribution in [0.25, 0.3) is 0 Å². The van der Waals surface area contributed by atoms with Crippen molar-refractivity contribution in [3.63, 3.8) is 0 Å². The molecule has 0 spiro atoms. The van der Waals surface area contributed by atoms with Crippen molar-refractivity contribution < 1.29 is 22.0 Å². The largest absolute Gasteiger partial charge is 0.203 e. The Bertz CT molecular complexity index is 382. The number of halogens is 5. The summed E-state index contributed by atoms with van der Waals surface area (Å²) in [5, 5.41) is 0. The van der Waals surface area contributed by atoms with E-state index in [-0.39, 0.29) is 0 Å². The number of hydrogen-bond donors (Lipinski definition) is 0. The molecule has 0 aromatic heterocycles. The summed E-state index contributed by atoms with van der Waals surface area (Å²) in [4.78, 5) is 0. The molecule has 1 atom stereocenters. The van der Waals surface area contributed by atoms with Gasteiger partial charge in [0.15, 0.2) is 23.3 Å². The zero-order chi connectivity index (χ0) is 11.7. The van der Waals surface area contributed by atoms with Crippen molar-refractivity contribution in [1.29, 1.82) is 0 Å². The third-order valence-electron chi connectivity index (χ3n) is 2.05. The zero-order valence-corrected chi connectivity index (χ0v) is 7.75. The van der Waals surface area contributed by atoms with Crippen LogP contribution in [0.2, 0.25) is 0 Å². The van der Waals surface area contributed by atoms with E-state index in [9.17, 15) is 22.0 Å². The van der Waals surface area contributed by atoms with Crippen molar-refractivity contribution >= 4 is 0 Å². The summed E-state index contributed by atoms with van der Waals surface area (Å²) in [7, 11) is 0. The Labute approximate surface area is 83.0 Å². The van der Waals surface area contributed by atoms with E-state index < -0.39 is 40.6 Å². The highest BCUT2D eigenvalue weighted by molar-refractivity contribution is 5.29. The maximum absolute atomic E-state index is 13.1. The molecule has 0 aliphatic carbocycles. The van der Waals surface area contributed by atoms with Gasteiger partial charge in [-0.1, -0.05) is 13.0 Å². The van der Waals surface area contributed by atoms with E-state index in [1.807, 2.05) is 0 Å². The molecule has 1 rings (SSSR count). The smallest absolute Gasteiger partial charge is 0.200 e. The van der Waals surface area contributed by atoms with Crippen molar-refractivity contribution in [2.75, 3.05) is 0 Å². The number of hydrogen-bond acceptors (Lipinski definition) is 0. The van der Waals surface area contributed by atoms with Crippen molar-refractivity contribution in [3.05, 3.63) is 47.3 Å². The van der Waals surface area contributed by atoms with E-state index in [1.165, 1.54) is 6.92 Å². The predicted molar refractivity (Wildman–Crippen MR) is 44.8 cm³/mol. The lowest BCUT2D eigenvalue weighted by Gasteiger charge is -2.11. The van der Waals surface area contributed by atoms with Crippen LogP contribution in [0, 0.1) is 29.1 Å². The number of rotatable bonds is 2. The van der Waals surface area contributed by atoms with E-state index in [4.69, 9.17) is 0 Å². The molecule has 0 amide bonds. The van der Waals surface area contributed by atoms with Gasteiger partial charge in [0.25, 0.3) is 0 Å². The van der Waals surface area contributed by atoms with Gasteiger partial charge in [-0.15, -0.1) is 6.58 Å². The molecule has 0 saturated heterocycles. The molecule has 1 aromatic rings.